The Balaban J connectivity index is 1.47. The number of nitrogens with one attached hydrogen (secondary N) is 1. The molecule has 0 bridgehead atoms. The van der Waals surface area contributed by atoms with Crippen molar-refractivity contribution in [3.8, 4) is 0 Å². The average Bonchev–Trinajstić information content (AvgIpc) is 3.23. The Kier molecular flexibility index (Phi) is 5.92. The summed E-state index contributed by atoms with van der Waals surface area (Å²) in [6.07, 6.45) is 1.43. The number of benzene rings is 1. The van der Waals surface area contributed by atoms with Gasteiger partial charge in [0, 0.05) is 38.3 Å². The van der Waals surface area contributed by atoms with E-state index in [2.05, 4.69) is 5.32 Å². The fourth-order valence-corrected chi connectivity index (χ4v) is 4.18. The standard InChI is InChI=1S/C18H21N3O5S/c22-17(15-5-2-1-3-6-15)19-8-14-27(24,25)21-11-9-20(10-12-21)18(23)16-7-4-13-26-16/h1-7,13H,8-12,14H2,(H,19,22). The van der Waals surface area contributed by atoms with Gasteiger partial charge in [0.2, 0.25) is 10.0 Å². The predicted octanol–water partition coefficient (Wildman–Crippen LogP) is 0.797. The number of nitrogens with zero attached hydrogens (tertiary/aromatic N) is 2. The van der Waals surface area contributed by atoms with Gasteiger partial charge in [0.1, 0.15) is 0 Å². The molecule has 3 rings (SSSR count). The summed E-state index contributed by atoms with van der Waals surface area (Å²) >= 11 is 0. The fraction of sp³-hybridized carbons (Fsp3) is 0.333. The number of rotatable bonds is 6. The molecule has 2 heterocycles. The van der Waals surface area contributed by atoms with Crippen molar-refractivity contribution in [2.24, 2.45) is 0 Å². The van der Waals surface area contributed by atoms with Gasteiger partial charge in [0.25, 0.3) is 11.8 Å². The van der Waals surface area contributed by atoms with Crippen LogP contribution in [0.2, 0.25) is 0 Å². The highest BCUT2D eigenvalue weighted by Gasteiger charge is 2.29. The van der Waals surface area contributed by atoms with E-state index in [9.17, 15) is 18.0 Å². The number of hydrogen-bond donors (Lipinski definition) is 1. The van der Waals surface area contributed by atoms with Crippen molar-refractivity contribution < 1.29 is 22.4 Å². The summed E-state index contributed by atoms with van der Waals surface area (Å²) in [6, 6.07) is 11.8. The molecule has 1 saturated heterocycles. The topological polar surface area (TPSA) is 99.9 Å². The van der Waals surface area contributed by atoms with Crippen LogP contribution in [0.4, 0.5) is 0 Å². The Bertz CT molecular complexity index is 873. The summed E-state index contributed by atoms with van der Waals surface area (Å²) < 4.78 is 31.4. The van der Waals surface area contributed by atoms with Gasteiger partial charge >= 0.3 is 0 Å². The molecule has 27 heavy (non-hydrogen) atoms. The third kappa shape index (κ3) is 4.75. The molecule has 2 amide bonds. The van der Waals surface area contributed by atoms with Crippen LogP contribution in [0.5, 0.6) is 0 Å². The first-order valence-electron chi connectivity index (χ1n) is 8.61. The molecule has 0 unspecified atom stereocenters. The molecule has 1 aromatic carbocycles. The van der Waals surface area contributed by atoms with Crippen molar-refractivity contribution >= 4 is 21.8 Å². The van der Waals surface area contributed by atoms with E-state index in [1.807, 2.05) is 0 Å². The molecule has 0 saturated carbocycles. The minimum atomic E-state index is -3.51. The van der Waals surface area contributed by atoms with E-state index < -0.39 is 10.0 Å². The third-order valence-electron chi connectivity index (χ3n) is 4.33. The van der Waals surface area contributed by atoms with Crippen LogP contribution in [0, 0.1) is 0 Å². The Morgan fingerprint density at radius 1 is 1.00 bits per heavy atom. The molecule has 1 aromatic heterocycles. The smallest absolute Gasteiger partial charge is 0.289 e. The number of furan rings is 1. The number of hydrogen-bond acceptors (Lipinski definition) is 5. The number of piperazine rings is 1. The lowest BCUT2D eigenvalue weighted by Crippen LogP contribution is -2.51. The van der Waals surface area contributed by atoms with Crippen LogP contribution < -0.4 is 5.32 Å². The van der Waals surface area contributed by atoms with E-state index in [1.54, 1.807) is 47.4 Å². The van der Waals surface area contributed by atoms with Crippen LogP contribution in [-0.4, -0.2) is 67.9 Å². The second-order valence-corrected chi connectivity index (χ2v) is 8.19. The molecule has 0 aliphatic carbocycles. The number of carbonyl (C=O) groups excluding carboxylic acids is 2. The van der Waals surface area contributed by atoms with Crippen molar-refractivity contribution in [2.75, 3.05) is 38.5 Å². The highest BCUT2D eigenvalue weighted by atomic mass is 32.2. The zero-order valence-corrected chi connectivity index (χ0v) is 15.5. The summed E-state index contributed by atoms with van der Waals surface area (Å²) in [5.74, 6) is -0.487. The van der Waals surface area contributed by atoms with Gasteiger partial charge in [-0.3, -0.25) is 9.59 Å². The normalized spacial score (nSPS) is 15.5. The Hall–Kier alpha value is -2.65. The Labute approximate surface area is 157 Å². The maximum atomic E-state index is 12.5. The first-order chi connectivity index (χ1) is 13.0. The monoisotopic (exact) mass is 391 g/mol. The Morgan fingerprint density at radius 2 is 1.70 bits per heavy atom. The molecule has 8 nitrogen and oxygen atoms in total. The lowest BCUT2D eigenvalue weighted by Gasteiger charge is -2.33. The molecule has 1 aliphatic rings. The summed E-state index contributed by atoms with van der Waals surface area (Å²) in [7, 11) is -3.51. The van der Waals surface area contributed by atoms with E-state index in [0.29, 0.717) is 18.7 Å². The van der Waals surface area contributed by atoms with Gasteiger partial charge < -0.3 is 14.6 Å². The zero-order valence-electron chi connectivity index (χ0n) is 14.7. The maximum absolute atomic E-state index is 12.5. The second kappa shape index (κ2) is 8.36. The van der Waals surface area contributed by atoms with Crippen molar-refractivity contribution in [3.05, 3.63) is 60.1 Å². The van der Waals surface area contributed by atoms with E-state index in [-0.39, 0.29) is 43.0 Å². The van der Waals surface area contributed by atoms with Crippen molar-refractivity contribution in [1.82, 2.24) is 14.5 Å². The molecule has 1 fully saturated rings. The number of sulfonamides is 1. The molecule has 1 N–H and O–H groups in total. The van der Waals surface area contributed by atoms with Gasteiger partial charge in [-0.1, -0.05) is 18.2 Å². The first-order valence-corrected chi connectivity index (χ1v) is 10.2. The number of carbonyl (C=O) groups is 2. The van der Waals surface area contributed by atoms with Crippen LogP contribution >= 0.6 is 0 Å². The molecular weight excluding hydrogens is 370 g/mol. The van der Waals surface area contributed by atoms with Crippen LogP contribution in [-0.2, 0) is 10.0 Å². The lowest BCUT2D eigenvalue weighted by atomic mass is 10.2. The molecule has 0 radical (unpaired) electrons. The molecule has 9 heteroatoms. The molecular formula is C18H21N3O5S. The Morgan fingerprint density at radius 3 is 2.33 bits per heavy atom. The van der Waals surface area contributed by atoms with E-state index in [4.69, 9.17) is 4.42 Å². The second-order valence-electron chi connectivity index (χ2n) is 6.11. The quantitative estimate of drug-likeness (QED) is 0.785. The highest BCUT2D eigenvalue weighted by Crippen LogP contribution is 2.12. The van der Waals surface area contributed by atoms with Crippen molar-refractivity contribution in [1.29, 1.82) is 0 Å². The fourth-order valence-electron chi connectivity index (χ4n) is 2.84. The largest absolute Gasteiger partial charge is 0.459 e. The van der Waals surface area contributed by atoms with Crippen LogP contribution in [0.1, 0.15) is 20.9 Å². The molecule has 1 aliphatic heterocycles. The summed E-state index contributed by atoms with van der Waals surface area (Å²) in [5.41, 5.74) is 0.486. The van der Waals surface area contributed by atoms with E-state index in [1.165, 1.54) is 10.6 Å². The third-order valence-corrected chi connectivity index (χ3v) is 6.20. The summed E-state index contributed by atoms with van der Waals surface area (Å²) in [6.45, 7) is 1.08. The zero-order chi connectivity index (χ0) is 19.3. The van der Waals surface area contributed by atoms with Gasteiger partial charge in [-0.15, -0.1) is 0 Å². The molecule has 144 valence electrons. The minimum Gasteiger partial charge on any atom is -0.459 e. The number of amides is 2. The SMILES string of the molecule is O=C(NCCS(=O)(=O)N1CCN(C(=O)c2ccco2)CC1)c1ccccc1. The van der Waals surface area contributed by atoms with Crippen molar-refractivity contribution in [3.63, 3.8) is 0 Å². The molecule has 2 aromatic rings. The predicted molar refractivity (Wildman–Crippen MR) is 98.7 cm³/mol. The van der Waals surface area contributed by atoms with Crippen LogP contribution in [0.3, 0.4) is 0 Å². The van der Waals surface area contributed by atoms with Crippen LogP contribution in [0.15, 0.2) is 53.1 Å². The first kappa shape index (κ1) is 19.1. The van der Waals surface area contributed by atoms with Crippen LogP contribution in [0.25, 0.3) is 0 Å². The maximum Gasteiger partial charge on any atom is 0.289 e. The summed E-state index contributed by atoms with van der Waals surface area (Å²) in [5, 5.41) is 2.62. The lowest BCUT2D eigenvalue weighted by molar-refractivity contribution is 0.0665. The van der Waals surface area contributed by atoms with Gasteiger partial charge in [0.05, 0.1) is 12.0 Å². The molecule has 0 spiro atoms. The van der Waals surface area contributed by atoms with Gasteiger partial charge in [-0.25, -0.2) is 8.42 Å². The van der Waals surface area contributed by atoms with E-state index in [0.717, 1.165) is 0 Å². The highest BCUT2D eigenvalue weighted by molar-refractivity contribution is 7.89. The van der Waals surface area contributed by atoms with Gasteiger partial charge in [-0.05, 0) is 24.3 Å². The minimum absolute atomic E-state index is 0.0294. The molecule has 0 atom stereocenters. The van der Waals surface area contributed by atoms with Gasteiger partial charge in [-0.2, -0.15) is 4.31 Å². The summed E-state index contributed by atoms with van der Waals surface area (Å²) in [4.78, 5) is 25.8. The van der Waals surface area contributed by atoms with E-state index >= 15 is 0 Å². The average molecular weight is 391 g/mol. The van der Waals surface area contributed by atoms with Gasteiger partial charge in [0.15, 0.2) is 5.76 Å². The van der Waals surface area contributed by atoms with Crippen molar-refractivity contribution in [2.45, 2.75) is 0 Å².